The first-order valence-electron chi connectivity index (χ1n) is 11.3. The van der Waals surface area contributed by atoms with Gasteiger partial charge in [-0.05, 0) is 56.9 Å². The molecule has 0 bridgehead atoms. The number of rotatable bonds is 5. The van der Waals surface area contributed by atoms with Gasteiger partial charge in [0, 0.05) is 31.6 Å². The van der Waals surface area contributed by atoms with E-state index in [1.54, 1.807) is 24.3 Å². The number of likely N-dealkylation sites (tertiary alicyclic amines) is 1. The number of benzene rings is 2. The zero-order chi connectivity index (χ0) is 24.5. The number of hydrogen-bond donors (Lipinski definition) is 1. The van der Waals surface area contributed by atoms with Crippen LogP contribution < -0.4 is 5.32 Å². The Bertz CT molecular complexity index is 1180. The van der Waals surface area contributed by atoms with Crippen molar-refractivity contribution in [2.45, 2.75) is 43.5 Å². The maximum Gasteiger partial charge on any atom is 0.247 e. The quantitative estimate of drug-likeness (QED) is 0.695. The first-order chi connectivity index (χ1) is 16.2. The minimum atomic E-state index is -3.63. The van der Waals surface area contributed by atoms with E-state index in [-0.39, 0.29) is 35.5 Å². The van der Waals surface area contributed by atoms with Crippen LogP contribution in [0.1, 0.15) is 31.2 Å². The lowest BCUT2D eigenvalue weighted by Crippen LogP contribution is -2.48. The summed E-state index contributed by atoms with van der Waals surface area (Å²) >= 11 is 0. The summed E-state index contributed by atoms with van der Waals surface area (Å²) in [5.74, 6) is -2.73. The summed E-state index contributed by atoms with van der Waals surface area (Å²) in [6.45, 7) is 2.73. The van der Waals surface area contributed by atoms with Crippen LogP contribution in [-0.2, 0) is 19.6 Å². The highest BCUT2D eigenvalue weighted by molar-refractivity contribution is 7.89. The Morgan fingerprint density at radius 2 is 1.65 bits per heavy atom. The molecule has 1 N–H and O–H groups in total. The Balaban J connectivity index is 1.38. The number of piperidine rings is 1. The van der Waals surface area contributed by atoms with Crippen molar-refractivity contribution in [1.29, 1.82) is 0 Å². The van der Waals surface area contributed by atoms with Crippen molar-refractivity contribution >= 4 is 27.5 Å². The molecule has 2 aromatic carbocycles. The molecule has 2 heterocycles. The van der Waals surface area contributed by atoms with Crippen molar-refractivity contribution in [2.24, 2.45) is 5.92 Å². The number of carbonyl (C=O) groups excluding carboxylic acids is 2. The number of nitrogens with one attached hydrogen (secondary N) is 1. The predicted octanol–water partition coefficient (Wildman–Crippen LogP) is 3.30. The minimum Gasteiger partial charge on any atom is -0.330 e. The van der Waals surface area contributed by atoms with Crippen LogP contribution in [0.3, 0.4) is 0 Å². The molecule has 10 heteroatoms. The molecule has 7 nitrogen and oxygen atoms in total. The van der Waals surface area contributed by atoms with E-state index in [0.717, 1.165) is 17.7 Å². The van der Waals surface area contributed by atoms with E-state index in [1.807, 2.05) is 6.92 Å². The van der Waals surface area contributed by atoms with E-state index >= 15 is 0 Å². The number of sulfonamides is 1. The molecule has 2 aliphatic heterocycles. The molecule has 2 fully saturated rings. The standard InChI is InChI=1S/C24H27F2N3O4S/c1-16-4-7-19(8-5-16)34(32,33)28-13-10-17(11-14-28)24(31)29-12-2-3-22(29)23(30)27-21-9-6-18(25)15-20(21)26/h4-9,15,17,22H,2-3,10-14H2,1H3,(H,27,30)/t22-/m0/s1. The molecule has 4 rings (SSSR count). The van der Waals surface area contributed by atoms with Crippen LogP contribution in [0.15, 0.2) is 47.4 Å². The van der Waals surface area contributed by atoms with Gasteiger partial charge >= 0.3 is 0 Å². The van der Waals surface area contributed by atoms with Crippen molar-refractivity contribution in [2.75, 3.05) is 25.0 Å². The fourth-order valence-electron chi connectivity index (χ4n) is 4.55. The summed E-state index contributed by atoms with van der Waals surface area (Å²) in [4.78, 5) is 27.7. The summed E-state index contributed by atoms with van der Waals surface area (Å²) < 4.78 is 54.3. The Hall–Kier alpha value is -2.85. The van der Waals surface area contributed by atoms with E-state index in [9.17, 15) is 26.8 Å². The van der Waals surface area contributed by atoms with Crippen LogP contribution in [0.5, 0.6) is 0 Å². The first-order valence-corrected chi connectivity index (χ1v) is 12.7. The summed E-state index contributed by atoms with van der Waals surface area (Å²) in [5, 5.41) is 2.45. The molecule has 34 heavy (non-hydrogen) atoms. The fraction of sp³-hybridized carbons (Fsp3) is 0.417. The Morgan fingerprint density at radius 1 is 0.971 bits per heavy atom. The zero-order valence-electron chi connectivity index (χ0n) is 18.8. The Kier molecular flexibility index (Phi) is 6.99. The second kappa shape index (κ2) is 9.79. The molecule has 0 spiro atoms. The largest absolute Gasteiger partial charge is 0.330 e. The molecule has 0 aromatic heterocycles. The van der Waals surface area contributed by atoms with Gasteiger partial charge in [0.05, 0.1) is 10.6 Å². The van der Waals surface area contributed by atoms with Gasteiger partial charge in [-0.3, -0.25) is 9.59 Å². The maximum absolute atomic E-state index is 13.9. The van der Waals surface area contributed by atoms with E-state index < -0.39 is 33.6 Å². The van der Waals surface area contributed by atoms with E-state index in [4.69, 9.17) is 0 Å². The average Bonchev–Trinajstić information content (AvgIpc) is 3.31. The van der Waals surface area contributed by atoms with Gasteiger partial charge < -0.3 is 10.2 Å². The van der Waals surface area contributed by atoms with Gasteiger partial charge in [-0.25, -0.2) is 17.2 Å². The average molecular weight is 492 g/mol. The van der Waals surface area contributed by atoms with Crippen LogP contribution in [0.25, 0.3) is 0 Å². The third-order valence-corrected chi connectivity index (χ3v) is 8.40. The van der Waals surface area contributed by atoms with Crippen molar-refractivity contribution < 1.29 is 26.8 Å². The molecule has 0 saturated carbocycles. The SMILES string of the molecule is Cc1ccc(S(=O)(=O)N2CCC(C(=O)N3CCC[C@H]3C(=O)Nc3ccc(F)cc3F)CC2)cc1. The third-order valence-electron chi connectivity index (χ3n) is 6.49. The van der Waals surface area contributed by atoms with Gasteiger partial charge in [0.2, 0.25) is 21.8 Å². The van der Waals surface area contributed by atoms with E-state index in [0.29, 0.717) is 38.3 Å². The molecule has 2 aliphatic rings. The zero-order valence-corrected chi connectivity index (χ0v) is 19.7. The summed E-state index contributed by atoms with van der Waals surface area (Å²) in [5.41, 5.74) is 0.829. The lowest BCUT2D eigenvalue weighted by atomic mass is 9.96. The van der Waals surface area contributed by atoms with Crippen LogP contribution in [0.2, 0.25) is 0 Å². The van der Waals surface area contributed by atoms with Crippen molar-refractivity contribution in [3.05, 3.63) is 59.7 Å². The number of amides is 2. The maximum atomic E-state index is 13.9. The number of nitrogens with zero attached hydrogens (tertiary/aromatic N) is 2. The molecule has 0 radical (unpaired) electrons. The molecule has 0 unspecified atom stereocenters. The second-order valence-electron chi connectivity index (χ2n) is 8.79. The highest BCUT2D eigenvalue weighted by atomic mass is 32.2. The van der Waals surface area contributed by atoms with Crippen LogP contribution in [0.4, 0.5) is 14.5 Å². The highest BCUT2D eigenvalue weighted by Crippen LogP contribution is 2.29. The monoisotopic (exact) mass is 491 g/mol. The predicted molar refractivity (Wildman–Crippen MR) is 122 cm³/mol. The topological polar surface area (TPSA) is 86.8 Å². The van der Waals surface area contributed by atoms with Crippen molar-refractivity contribution in [3.8, 4) is 0 Å². The van der Waals surface area contributed by atoms with Crippen LogP contribution >= 0.6 is 0 Å². The highest BCUT2D eigenvalue weighted by Gasteiger charge is 2.39. The van der Waals surface area contributed by atoms with Gasteiger partial charge in [0.25, 0.3) is 0 Å². The number of aryl methyl sites for hydroxylation is 1. The Labute approximate surface area is 197 Å². The number of anilines is 1. The van der Waals surface area contributed by atoms with Gasteiger partial charge in [-0.2, -0.15) is 4.31 Å². The summed E-state index contributed by atoms with van der Waals surface area (Å²) in [6, 6.07) is 8.80. The lowest BCUT2D eigenvalue weighted by molar-refractivity contribution is -0.141. The summed E-state index contributed by atoms with van der Waals surface area (Å²) in [6.07, 6.45) is 1.81. The number of hydrogen-bond acceptors (Lipinski definition) is 4. The molecular formula is C24H27F2N3O4S. The molecule has 2 saturated heterocycles. The molecule has 1 atom stereocenters. The van der Waals surface area contributed by atoms with Gasteiger partial charge in [0.15, 0.2) is 0 Å². The van der Waals surface area contributed by atoms with Gasteiger partial charge in [-0.1, -0.05) is 17.7 Å². The first kappa shape index (κ1) is 24.3. The molecule has 0 aliphatic carbocycles. The van der Waals surface area contributed by atoms with Crippen molar-refractivity contribution in [3.63, 3.8) is 0 Å². The van der Waals surface area contributed by atoms with Gasteiger partial charge in [0.1, 0.15) is 17.7 Å². The molecule has 182 valence electrons. The molecule has 2 aromatic rings. The second-order valence-corrected chi connectivity index (χ2v) is 10.7. The lowest BCUT2D eigenvalue weighted by Gasteiger charge is -2.34. The normalized spacial score (nSPS) is 19.9. The summed E-state index contributed by atoms with van der Waals surface area (Å²) in [7, 11) is -3.63. The fourth-order valence-corrected chi connectivity index (χ4v) is 6.02. The molecule has 2 amide bonds. The van der Waals surface area contributed by atoms with Crippen molar-refractivity contribution in [1.82, 2.24) is 9.21 Å². The molecular weight excluding hydrogens is 464 g/mol. The van der Waals surface area contributed by atoms with Gasteiger partial charge in [-0.15, -0.1) is 0 Å². The van der Waals surface area contributed by atoms with E-state index in [2.05, 4.69) is 5.32 Å². The van der Waals surface area contributed by atoms with E-state index in [1.165, 1.54) is 9.21 Å². The smallest absolute Gasteiger partial charge is 0.247 e. The van der Waals surface area contributed by atoms with Crippen LogP contribution in [0, 0.1) is 24.5 Å². The number of halogens is 2. The Morgan fingerprint density at radius 3 is 2.29 bits per heavy atom. The third kappa shape index (κ3) is 4.97. The minimum absolute atomic E-state index is 0.139. The van der Waals surface area contributed by atoms with Crippen LogP contribution in [-0.4, -0.2) is 55.1 Å². The number of carbonyl (C=O) groups is 2.